The summed E-state index contributed by atoms with van der Waals surface area (Å²) in [6, 6.07) is 6.65. The molecule has 0 aromatic heterocycles. The molecule has 1 aromatic carbocycles. The topological polar surface area (TPSA) is 99.3 Å². The number of piperazine rings is 1. The van der Waals surface area contributed by atoms with Crippen molar-refractivity contribution in [2.45, 2.75) is 50.7 Å². The lowest BCUT2D eigenvalue weighted by Crippen LogP contribution is -2.58. The van der Waals surface area contributed by atoms with E-state index in [1.165, 1.54) is 0 Å². The van der Waals surface area contributed by atoms with Crippen molar-refractivity contribution in [3.63, 3.8) is 0 Å². The van der Waals surface area contributed by atoms with Crippen LogP contribution < -0.4 is 5.32 Å². The maximum Gasteiger partial charge on any atom is 0.407 e. The van der Waals surface area contributed by atoms with Gasteiger partial charge in [0.25, 0.3) is 0 Å². The Kier molecular flexibility index (Phi) is 7.30. The lowest BCUT2D eigenvalue weighted by molar-refractivity contribution is -0.150. The number of halogens is 1. The fraction of sp³-hybridized carbons (Fsp3) is 0.583. The lowest BCUT2D eigenvalue weighted by atomic mass is 9.91. The van der Waals surface area contributed by atoms with E-state index in [2.05, 4.69) is 5.32 Å². The average molecular weight is 491 g/mol. The van der Waals surface area contributed by atoms with Gasteiger partial charge in [0.15, 0.2) is 0 Å². The van der Waals surface area contributed by atoms with Gasteiger partial charge in [-0.25, -0.2) is 4.79 Å². The summed E-state index contributed by atoms with van der Waals surface area (Å²) >= 11 is 6.01. The van der Waals surface area contributed by atoms with E-state index in [0.29, 0.717) is 70.0 Å². The maximum atomic E-state index is 12.9. The molecule has 0 aliphatic carbocycles. The molecule has 3 aliphatic heterocycles. The van der Waals surface area contributed by atoms with Gasteiger partial charge in [0.1, 0.15) is 11.6 Å². The highest BCUT2D eigenvalue weighted by Crippen LogP contribution is 2.29. The molecule has 184 valence electrons. The Hall–Kier alpha value is -2.81. The first-order chi connectivity index (χ1) is 16.3. The molecule has 4 amide bonds. The molecule has 10 heteroatoms. The van der Waals surface area contributed by atoms with Gasteiger partial charge in [0, 0.05) is 57.0 Å². The number of rotatable bonds is 6. The molecule has 0 radical (unpaired) electrons. The van der Waals surface area contributed by atoms with Crippen molar-refractivity contribution in [2.75, 3.05) is 39.3 Å². The number of hydrogen-bond donors (Lipinski definition) is 1. The molecule has 3 fully saturated rings. The van der Waals surface area contributed by atoms with Crippen LogP contribution in [0.3, 0.4) is 0 Å². The predicted molar refractivity (Wildman–Crippen MR) is 125 cm³/mol. The number of amides is 4. The van der Waals surface area contributed by atoms with Crippen LogP contribution in [0.25, 0.3) is 0 Å². The van der Waals surface area contributed by atoms with Crippen molar-refractivity contribution in [1.82, 2.24) is 20.0 Å². The van der Waals surface area contributed by atoms with Gasteiger partial charge in [-0.3, -0.25) is 14.4 Å². The molecule has 1 N–H and O–H groups in total. The van der Waals surface area contributed by atoms with Gasteiger partial charge in [-0.05, 0) is 31.0 Å². The third kappa shape index (κ3) is 5.46. The molecule has 9 nitrogen and oxygen atoms in total. The Bertz CT molecular complexity index is 962. The molecular formula is C24H31ClN4O5. The van der Waals surface area contributed by atoms with Crippen molar-refractivity contribution >= 4 is 35.4 Å². The molecule has 1 aromatic rings. The molecule has 3 heterocycles. The summed E-state index contributed by atoms with van der Waals surface area (Å²) < 4.78 is 5.40. The van der Waals surface area contributed by atoms with Gasteiger partial charge in [0.05, 0.1) is 13.0 Å². The number of nitrogens with zero attached hydrogens (tertiary/aromatic N) is 3. The zero-order valence-electron chi connectivity index (χ0n) is 19.4. The monoisotopic (exact) mass is 490 g/mol. The highest BCUT2D eigenvalue weighted by atomic mass is 35.5. The summed E-state index contributed by atoms with van der Waals surface area (Å²) in [5.74, 6) is -0.125. The zero-order chi connectivity index (χ0) is 24.3. The smallest absolute Gasteiger partial charge is 0.407 e. The van der Waals surface area contributed by atoms with E-state index in [1.54, 1.807) is 34.9 Å². The minimum atomic E-state index is -0.530. The maximum absolute atomic E-state index is 12.9. The number of carbonyl (C=O) groups excluding carboxylic acids is 4. The van der Waals surface area contributed by atoms with Crippen molar-refractivity contribution in [1.29, 1.82) is 0 Å². The second-order valence-corrected chi connectivity index (χ2v) is 9.74. The molecule has 3 aliphatic rings. The number of hydrogen-bond acceptors (Lipinski definition) is 5. The Morgan fingerprint density at radius 2 is 1.91 bits per heavy atom. The predicted octanol–water partition coefficient (Wildman–Crippen LogP) is 1.82. The average Bonchev–Trinajstić information content (AvgIpc) is 3.16. The Morgan fingerprint density at radius 1 is 1.15 bits per heavy atom. The Balaban J connectivity index is 1.20. The first-order valence-electron chi connectivity index (χ1n) is 11.8. The first-order valence-corrected chi connectivity index (χ1v) is 12.2. The molecule has 0 saturated carbocycles. The highest BCUT2D eigenvalue weighted by molar-refractivity contribution is 6.30. The summed E-state index contributed by atoms with van der Waals surface area (Å²) in [4.78, 5) is 54.8. The largest absolute Gasteiger partial charge is 0.441 e. The first kappa shape index (κ1) is 24.3. The summed E-state index contributed by atoms with van der Waals surface area (Å²) in [5.41, 5.74) is 0.351. The van der Waals surface area contributed by atoms with Crippen molar-refractivity contribution in [3.8, 4) is 0 Å². The quantitative estimate of drug-likeness (QED) is 0.655. The van der Waals surface area contributed by atoms with E-state index < -0.39 is 11.6 Å². The van der Waals surface area contributed by atoms with E-state index in [1.807, 2.05) is 11.0 Å². The summed E-state index contributed by atoms with van der Waals surface area (Å²) in [6.07, 6.45) is 2.04. The summed E-state index contributed by atoms with van der Waals surface area (Å²) in [7, 11) is 0. The number of alkyl carbamates (subject to hydrolysis) is 1. The van der Waals surface area contributed by atoms with E-state index in [9.17, 15) is 19.2 Å². The van der Waals surface area contributed by atoms with Crippen LogP contribution in [-0.2, 0) is 25.5 Å². The standard InChI is InChI=1S/C24H31ClN4O5/c1-17-22(32)28(12-13-29(17)21(31)15-18-4-2-5-19(25)14-18)9-3-6-20(30)27-10-7-24(8-11-27)16-26-23(33)34-24/h2,4-5,14,17H,3,6-13,15-16H2,1H3,(H,26,33)/t17-/m0/s1. The van der Waals surface area contributed by atoms with Crippen LogP contribution in [0.2, 0.25) is 5.02 Å². The Labute approximate surface area is 204 Å². The molecule has 0 bridgehead atoms. The van der Waals surface area contributed by atoms with Crippen LogP contribution in [0, 0.1) is 0 Å². The molecular weight excluding hydrogens is 460 g/mol. The van der Waals surface area contributed by atoms with Gasteiger partial charge in [0.2, 0.25) is 17.7 Å². The van der Waals surface area contributed by atoms with Crippen LogP contribution in [0.5, 0.6) is 0 Å². The van der Waals surface area contributed by atoms with Crippen LogP contribution in [0.1, 0.15) is 38.2 Å². The number of ether oxygens (including phenoxy) is 1. The van der Waals surface area contributed by atoms with Crippen LogP contribution in [0.15, 0.2) is 24.3 Å². The van der Waals surface area contributed by atoms with Crippen molar-refractivity contribution in [3.05, 3.63) is 34.9 Å². The second-order valence-electron chi connectivity index (χ2n) is 9.31. The fourth-order valence-corrected chi connectivity index (χ4v) is 5.15. The molecule has 3 saturated heterocycles. The van der Waals surface area contributed by atoms with Gasteiger partial charge in [-0.1, -0.05) is 23.7 Å². The van der Waals surface area contributed by atoms with Crippen LogP contribution >= 0.6 is 11.6 Å². The summed E-state index contributed by atoms with van der Waals surface area (Å²) in [6.45, 7) is 4.81. The van der Waals surface area contributed by atoms with Gasteiger partial charge in [-0.2, -0.15) is 0 Å². The molecule has 1 atom stereocenters. The van der Waals surface area contributed by atoms with Gasteiger partial charge >= 0.3 is 6.09 Å². The number of likely N-dealkylation sites (tertiary alicyclic amines) is 1. The van der Waals surface area contributed by atoms with Crippen molar-refractivity contribution < 1.29 is 23.9 Å². The van der Waals surface area contributed by atoms with Gasteiger partial charge < -0.3 is 24.8 Å². The Morgan fingerprint density at radius 3 is 2.59 bits per heavy atom. The third-order valence-electron chi connectivity index (χ3n) is 7.02. The number of piperidine rings is 1. The third-order valence-corrected chi connectivity index (χ3v) is 7.26. The SMILES string of the molecule is C[C@H]1C(=O)N(CCCC(=O)N2CCC3(CC2)CNC(=O)O3)CCN1C(=O)Cc1cccc(Cl)c1. The molecule has 1 spiro atoms. The van der Waals surface area contributed by atoms with Crippen molar-refractivity contribution in [2.24, 2.45) is 0 Å². The summed E-state index contributed by atoms with van der Waals surface area (Å²) in [5, 5.41) is 3.28. The fourth-order valence-electron chi connectivity index (χ4n) is 4.94. The van der Waals surface area contributed by atoms with Crippen LogP contribution in [-0.4, -0.2) is 89.4 Å². The molecule has 34 heavy (non-hydrogen) atoms. The van der Waals surface area contributed by atoms with E-state index >= 15 is 0 Å². The van der Waals surface area contributed by atoms with E-state index in [4.69, 9.17) is 16.3 Å². The van der Waals surface area contributed by atoms with Crippen LogP contribution in [0.4, 0.5) is 4.79 Å². The number of benzene rings is 1. The van der Waals surface area contributed by atoms with E-state index in [-0.39, 0.29) is 30.2 Å². The number of carbonyl (C=O) groups is 4. The number of nitrogens with one attached hydrogen (secondary N) is 1. The van der Waals surface area contributed by atoms with E-state index in [0.717, 1.165) is 5.56 Å². The molecule has 0 unspecified atom stereocenters. The zero-order valence-corrected chi connectivity index (χ0v) is 20.2. The highest BCUT2D eigenvalue weighted by Gasteiger charge is 2.43. The lowest BCUT2D eigenvalue weighted by Gasteiger charge is -2.39. The normalized spacial score (nSPS) is 22.1. The second kappa shape index (κ2) is 10.2. The minimum absolute atomic E-state index is 0.0583. The minimum Gasteiger partial charge on any atom is -0.441 e. The van der Waals surface area contributed by atoms with Gasteiger partial charge in [-0.15, -0.1) is 0 Å². The molecule has 4 rings (SSSR count).